The van der Waals surface area contributed by atoms with Crippen molar-refractivity contribution in [3.8, 4) is 0 Å². The van der Waals surface area contributed by atoms with Gasteiger partial charge >= 0.3 is 0 Å². The van der Waals surface area contributed by atoms with Gasteiger partial charge in [0.15, 0.2) is 11.1 Å². The van der Waals surface area contributed by atoms with Gasteiger partial charge in [0.05, 0.1) is 10.8 Å². The molecule has 0 amide bonds. The number of hydrogen-bond donors (Lipinski definition) is 0. The van der Waals surface area contributed by atoms with E-state index in [2.05, 4.69) is 0 Å². The van der Waals surface area contributed by atoms with Crippen molar-refractivity contribution in [3.05, 3.63) is 0 Å². The lowest BCUT2D eigenvalue weighted by atomic mass is 10.4. The molecule has 1 aliphatic rings. The highest BCUT2D eigenvalue weighted by Gasteiger charge is 2.40. The predicted molar refractivity (Wildman–Crippen MR) is 39.6 cm³/mol. The van der Waals surface area contributed by atoms with Crippen LogP contribution in [-0.2, 0) is 4.74 Å². The van der Waals surface area contributed by atoms with Crippen molar-refractivity contribution in [3.63, 3.8) is 0 Å². The molecule has 0 N–H and O–H groups in total. The second-order valence-corrected chi connectivity index (χ2v) is 3.60. The minimum atomic E-state index is -0.559. The minimum absolute atomic E-state index is 0.393. The molecule has 0 aromatic heterocycles. The van der Waals surface area contributed by atoms with Gasteiger partial charge in [-0.25, -0.2) is 0 Å². The Morgan fingerprint density at radius 1 is 0.778 bits per heavy atom. The summed E-state index contributed by atoms with van der Waals surface area (Å²) >= 11 is 22.3. The van der Waals surface area contributed by atoms with Crippen molar-refractivity contribution in [1.29, 1.82) is 0 Å². The SMILES string of the molecule is ClC1OC(Cl)C(Cl)C1Cl. The predicted octanol–water partition coefficient (Wildman–Crippen LogP) is 2.36. The normalized spacial score (nSPS) is 52.0. The van der Waals surface area contributed by atoms with Gasteiger partial charge in [0.25, 0.3) is 0 Å². The summed E-state index contributed by atoms with van der Waals surface area (Å²) in [5.74, 6) is 0. The summed E-state index contributed by atoms with van der Waals surface area (Å²) in [5, 5.41) is -0.785. The molecule has 1 saturated heterocycles. The van der Waals surface area contributed by atoms with E-state index < -0.39 is 21.9 Å². The second kappa shape index (κ2) is 3.02. The van der Waals surface area contributed by atoms with E-state index in [1.54, 1.807) is 0 Å². The van der Waals surface area contributed by atoms with E-state index in [0.29, 0.717) is 0 Å². The standard InChI is InChI=1S/C4H4Cl4O/c5-1-2(6)4(8)9-3(1)7/h1-4H. The Hall–Kier alpha value is 1.12. The number of halogens is 4. The molecule has 0 bridgehead atoms. The summed E-state index contributed by atoms with van der Waals surface area (Å²) in [5.41, 5.74) is -1.12. The summed E-state index contributed by atoms with van der Waals surface area (Å²) in [6, 6.07) is 0. The lowest BCUT2D eigenvalue weighted by molar-refractivity contribution is 0.143. The van der Waals surface area contributed by atoms with Gasteiger partial charge in [0, 0.05) is 0 Å². The first-order chi connectivity index (χ1) is 4.13. The maximum Gasteiger partial charge on any atom is 0.151 e. The van der Waals surface area contributed by atoms with Crippen molar-refractivity contribution in [2.45, 2.75) is 21.9 Å². The van der Waals surface area contributed by atoms with Gasteiger partial charge in [-0.2, -0.15) is 0 Å². The van der Waals surface area contributed by atoms with Crippen molar-refractivity contribution in [2.75, 3.05) is 0 Å². The molecule has 0 saturated carbocycles. The van der Waals surface area contributed by atoms with Crippen LogP contribution in [0.3, 0.4) is 0 Å². The first-order valence-corrected chi connectivity index (χ1v) is 4.09. The third kappa shape index (κ3) is 1.58. The van der Waals surface area contributed by atoms with Crippen LogP contribution in [0.4, 0.5) is 0 Å². The van der Waals surface area contributed by atoms with Gasteiger partial charge in [-0.3, -0.25) is 0 Å². The third-order valence-corrected chi connectivity index (χ3v) is 3.20. The molecule has 4 unspecified atom stereocenters. The molecule has 1 rings (SSSR count). The molecule has 0 aromatic rings. The zero-order valence-electron chi connectivity index (χ0n) is 4.23. The van der Waals surface area contributed by atoms with E-state index in [1.807, 2.05) is 0 Å². The van der Waals surface area contributed by atoms with E-state index in [4.69, 9.17) is 51.1 Å². The molecule has 0 aliphatic carbocycles. The lowest BCUT2D eigenvalue weighted by Gasteiger charge is -2.03. The lowest BCUT2D eigenvalue weighted by Crippen LogP contribution is -2.17. The fraction of sp³-hybridized carbons (Fsp3) is 1.00. The molecule has 54 valence electrons. The zero-order chi connectivity index (χ0) is 7.02. The van der Waals surface area contributed by atoms with E-state index in [-0.39, 0.29) is 0 Å². The highest BCUT2D eigenvalue weighted by Crippen LogP contribution is 2.33. The molecule has 0 radical (unpaired) electrons. The van der Waals surface area contributed by atoms with Crippen LogP contribution in [0.25, 0.3) is 0 Å². The number of alkyl halides is 4. The van der Waals surface area contributed by atoms with Crippen LogP contribution in [-0.4, -0.2) is 21.9 Å². The highest BCUT2D eigenvalue weighted by atomic mass is 35.5. The van der Waals surface area contributed by atoms with Crippen LogP contribution in [0.15, 0.2) is 0 Å². The Morgan fingerprint density at radius 2 is 1.11 bits per heavy atom. The van der Waals surface area contributed by atoms with E-state index in [1.165, 1.54) is 0 Å². The van der Waals surface area contributed by atoms with Crippen molar-refractivity contribution in [2.24, 2.45) is 0 Å². The van der Waals surface area contributed by atoms with Crippen LogP contribution in [0.1, 0.15) is 0 Å². The molecule has 0 spiro atoms. The summed E-state index contributed by atoms with van der Waals surface area (Å²) in [6.45, 7) is 0. The monoisotopic (exact) mass is 208 g/mol. The molecule has 5 heteroatoms. The van der Waals surface area contributed by atoms with Crippen molar-refractivity contribution < 1.29 is 4.74 Å². The fourth-order valence-electron chi connectivity index (χ4n) is 0.563. The average molecular weight is 210 g/mol. The summed E-state index contributed by atoms with van der Waals surface area (Å²) in [6.07, 6.45) is 0. The largest absolute Gasteiger partial charge is 0.340 e. The van der Waals surface area contributed by atoms with Crippen LogP contribution >= 0.6 is 46.4 Å². The molecule has 1 fully saturated rings. The molecule has 9 heavy (non-hydrogen) atoms. The van der Waals surface area contributed by atoms with Crippen LogP contribution in [0, 0.1) is 0 Å². The Kier molecular flexibility index (Phi) is 2.75. The first-order valence-electron chi connectivity index (χ1n) is 2.34. The Bertz CT molecular complexity index is 96.7. The fourth-order valence-corrected chi connectivity index (χ4v) is 1.68. The molecule has 1 nitrogen and oxygen atoms in total. The minimum Gasteiger partial charge on any atom is -0.340 e. The zero-order valence-corrected chi connectivity index (χ0v) is 7.25. The van der Waals surface area contributed by atoms with Gasteiger partial charge in [-0.15, -0.1) is 23.2 Å². The molecule has 0 aromatic carbocycles. The molecule has 1 heterocycles. The van der Waals surface area contributed by atoms with Crippen molar-refractivity contribution in [1.82, 2.24) is 0 Å². The highest BCUT2D eigenvalue weighted by molar-refractivity contribution is 6.38. The quantitative estimate of drug-likeness (QED) is 0.557. The summed E-state index contributed by atoms with van der Waals surface area (Å²) < 4.78 is 4.85. The van der Waals surface area contributed by atoms with Gasteiger partial charge < -0.3 is 4.74 Å². The van der Waals surface area contributed by atoms with Crippen LogP contribution < -0.4 is 0 Å². The summed E-state index contributed by atoms with van der Waals surface area (Å²) in [4.78, 5) is 0. The molecule has 4 atom stereocenters. The third-order valence-electron chi connectivity index (χ3n) is 1.06. The first kappa shape index (κ1) is 8.22. The molecular formula is C4H4Cl4O. The molecule has 1 aliphatic heterocycles. The number of rotatable bonds is 0. The number of ether oxygens (including phenoxy) is 1. The van der Waals surface area contributed by atoms with Crippen molar-refractivity contribution >= 4 is 46.4 Å². The van der Waals surface area contributed by atoms with Crippen LogP contribution in [0.5, 0.6) is 0 Å². The molecular weight excluding hydrogens is 206 g/mol. The van der Waals surface area contributed by atoms with E-state index >= 15 is 0 Å². The Labute approximate surface area is 73.2 Å². The topological polar surface area (TPSA) is 9.23 Å². The Balaban J connectivity index is 2.54. The van der Waals surface area contributed by atoms with Crippen LogP contribution in [0.2, 0.25) is 0 Å². The number of hydrogen-bond acceptors (Lipinski definition) is 1. The average Bonchev–Trinajstić information content (AvgIpc) is 1.98. The Morgan fingerprint density at radius 3 is 1.22 bits per heavy atom. The van der Waals surface area contributed by atoms with Gasteiger partial charge in [-0.05, 0) is 0 Å². The maximum absolute atomic E-state index is 5.63. The summed E-state index contributed by atoms with van der Waals surface area (Å²) in [7, 11) is 0. The van der Waals surface area contributed by atoms with Gasteiger partial charge in [-0.1, -0.05) is 23.2 Å². The smallest absolute Gasteiger partial charge is 0.151 e. The maximum atomic E-state index is 5.63. The second-order valence-electron chi connectivity index (χ2n) is 1.73. The van der Waals surface area contributed by atoms with E-state index in [9.17, 15) is 0 Å². The van der Waals surface area contributed by atoms with Gasteiger partial charge in [0.1, 0.15) is 0 Å². The van der Waals surface area contributed by atoms with E-state index in [0.717, 1.165) is 0 Å². The van der Waals surface area contributed by atoms with Gasteiger partial charge in [0.2, 0.25) is 0 Å².